The Labute approximate surface area is 223 Å². The molecule has 12 heteroatoms. The Bertz CT molecular complexity index is 1320. The minimum absolute atomic E-state index is 0.0860. The fraction of sp³-hybridized carbons (Fsp3) is 0.462. The van der Waals surface area contributed by atoms with Crippen LogP contribution in [0.3, 0.4) is 0 Å². The van der Waals surface area contributed by atoms with Gasteiger partial charge < -0.3 is 39.3 Å². The van der Waals surface area contributed by atoms with Gasteiger partial charge in [0.05, 0.1) is 25.4 Å². The normalized spacial score (nSPS) is 13.6. The van der Waals surface area contributed by atoms with E-state index in [4.69, 9.17) is 15.2 Å². The predicted octanol–water partition coefficient (Wildman–Crippen LogP) is 5.05. The zero-order valence-electron chi connectivity index (χ0n) is 22.2. The molecule has 1 atom stereocenters. The van der Waals surface area contributed by atoms with Gasteiger partial charge in [-0.25, -0.2) is 0 Å². The topological polar surface area (TPSA) is 164 Å². The molecule has 0 spiro atoms. The molecule has 0 saturated heterocycles. The first-order valence-corrected chi connectivity index (χ1v) is 15.7. The highest BCUT2D eigenvalue weighted by Gasteiger charge is 2.56. The molecule has 6 N–H and O–H groups in total. The summed E-state index contributed by atoms with van der Waals surface area (Å²) >= 11 is 0. The molecule has 0 radical (unpaired) electrons. The Kier molecular flexibility index (Phi) is 9.54. The Balaban J connectivity index is 2.11. The Morgan fingerprint density at radius 2 is 1.55 bits per heavy atom. The Morgan fingerprint density at radius 3 is 2.08 bits per heavy atom. The molecule has 0 aliphatic carbocycles. The van der Waals surface area contributed by atoms with Crippen LogP contribution >= 0.6 is 15.2 Å². The van der Waals surface area contributed by atoms with E-state index in [1.807, 2.05) is 49.4 Å². The lowest BCUT2D eigenvalue weighted by molar-refractivity contribution is 0.293. The van der Waals surface area contributed by atoms with Crippen LogP contribution < -0.4 is 15.2 Å². The molecule has 0 bridgehead atoms. The van der Waals surface area contributed by atoms with Crippen molar-refractivity contribution < 1.29 is 38.2 Å². The van der Waals surface area contributed by atoms with Gasteiger partial charge in [0.2, 0.25) is 5.02 Å². The van der Waals surface area contributed by atoms with Gasteiger partial charge in [0.25, 0.3) is 0 Å². The molecule has 0 aliphatic rings. The van der Waals surface area contributed by atoms with Gasteiger partial charge in [-0.2, -0.15) is 0 Å². The second-order valence-electron chi connectivity index (χ2n) is 9.76. The van der Waals surface area contributed by atoms with Crippen molar-refractivity contribution in [2.24, 2.45) is 11.7 Å². The lowest BCUT2D eigenvalue weighted by atomic mass is 10.00. The minimum Gasteiger partial charge on any atom is -0.497 e. The third-order valence-electron chi connectivity index (χ3n) is 7.03. The van der Waals surface area contributed by atoms with Crippen LogP contribution in [0, 0.1) is 5.92 Å². The SMILES string of the molecule is CCCCc1c(-c2ccc(OC)cc2)n(CC(C)CCC(N)(P(=O)(O)O)P(=O)(O)O)c2cc(OC)ccc12. The molecule has 10 nitrogen and oxygen atoms in total. The van der Waals surface area contributed by atoms with Gasteiger partial charge in [0, 0.05) is 18.0 Å². The van der Waals surface area contributed by atoms with Gasteiger partial charge in [-0.05, 0) is 79.1 Å². The van der Waals surface area contributed by atoms with Crippen LogP contribution in [0.4, 0.5) is 0 Å². The molecule has 2 aromatic carbocycles. The number of aryl methyl sites for hydroxylation is 1. The van der Waals surface area contributed by atoms with E-state index in [9.17, 15) is 28.7 Å². The van der Waals surface area contributed by atoms with Gasteiger partial charge in [0.15, 0.2) is 0 Å². The lowest BCUT2D eigenvalue weighted by Gasteiger charge is -2.31. The smallest absolute Gasteiger partial charge is 0.357 e. The van der Waals surface area contributed by atoms with E-state index in [1.54, 1.807) is 14.2 Å². The summed E-state index contributed by atoms with van der Waals surface area (Å²) in [5, 5.41) is -1.85. The number of methoxy groups -OCH3 is 2. The van der Waals surface area contributed by atoms with Crippen molar-refractivity contribution in [2.45, 2.75) is 57.5 Å². The van der Waals surface area contributed by atoms with E-state index >= 15 is 0 Å². The van der Waals surface area contributed by atoms with Gasteiger partial charge in [-0.15, -0.1) is 0 Å². The van der Waals surface area contributed by atoms with Gasteiger partial charge in [-0.1, -0.05) is 20.3 Å². The monoisotopic (exact) mass is 568 g/mol. The van der Waals surface area contributed by atoms with Crippen molar-refractivity contribution in [3.63, 3.8) is 0 Å². The summed E-state index contributed by atoms with van der Waals surface area (Å²) in [5.74, 6) is 1.20. The average Bonchev–Trinajstić information content (AvgIpc) is 3.16. The average molecular weight is 569 g/mol. The molecule has 1 heterocycles. The molecule has 1 unspecified atom stereocenters. The van der Waals surface area contributed by atoms with Crippen molar-refractivity contribution in [1.82, 2.24) is 4.57 Å². The summed E-state index contributed by atoms with van der Waals surface area (Å²) < 4.78 is 36.9. The van der Waals surface area contributed by atoms with Crippen LogP contribution in [0.5, 0.6) is 11.5 Å². The number of ether oxygens (including phenoxy) is 2. The first kappa shape index (κ1) is 30.4. The number of rotatable bonds is 13. The van der Waals surface area contributed by atoms with E-state index in [2.05, 4.69) is 11.5 Å². The number of hydrogen-bond acceptors (Lipinski definition) is 5. The predicted molar refractivity (Wildman–Crippen MR) is 148 cm³/mol. The number of fused-ring (bicyclic) bond motifs is 1. The number of hydrogen-bond donors (Lipinski definition) is 5. The summed E-state index contributed by atoms with van der Waals surface area (Å²) in [5.41, 5.74) is 9.79. The fourth-order valence-corrected chi connectivity index (χ4v) is 6.92. The number of benzene rings is 2. The van der Waals surface area contributed by atoms with Crippen LogP contribution in [-0.2, 0) is 22.1 Å². The van der Waals surface area contributed by atoms with E-state index < -0.39 is 26.6 Å². The molecular weight excluding hydrogens is 530 g/mol. The molecule has 210 valence electrons. The second-order valence-corrected chi connectivity index (χ2v) is 13.9. The molecule has 0 amide bonds. The highest BCUT2D eigenvalue weighted by molar-refractivity contribution is 7.72. The van der Waals surface area contributed by atoms with Gasteiger partial charge >= 0.3 is 15.2 Å². The lowest BCUT2D eigenvalue weighted by Crippen LogP contribution is -2.39. The highest BCUT2D eigenvalue weighted by atomic mass is 31.2. The third-order valence-corrected chi connectivity index (χ3v) is 11.1. The summed E-state index contributed by atoms with van der Waals surface area (Å²) in [6, 6.07) is 13.7. The van der Waals surface area contributed by atoms with E-state index in [0.29, 0.717) is 12.3 Å². The molecule has 1 aromatic heterocycles. The number of aromatic nitrogens is 1. The van der Waals surface area contributed by atoms with Crippen molar-refractivity contribution in [2.75, 3.05) is 14.2 Å². The third kappa shape index (κ3) is 6.18. The summed E-state index contributed by atoms with van der Waals surface area (Å²) in [4.78, 5) is 38.6. The highest BCUT2D eigenvalue weighted by Crippen LogP contribution is 2.67. The van der Waals surface area contributed by atoms with Crippen molar-refractivity contribution in [3.8, 4) is 22.8 Å². The molecule has 0 aliphatic heterocycles. The zero-order valence-corrected chi connectivity index (χ0v) is 24.0. The fourth-order valence-electron chi connectivity index (χ4n) is 4.73. The summed E-state index contributed by atoms with van der Waals surface area (Å²) in [6.07, 6.45) is 2.41. The first-order valence-electron chi connectivity index (χ1n) is 12.5. The summed E-state index contributed by atoms with van der Waals surface area (Å²) in [7, 11) is -7.37. The van der Waals surface area contributed by atoms with Crippen LogP contribution in [0.1, 0.15) is 45.1 Å². The summed E-state index contributed by atoms with van der Waals surface area (Å²) in [6.45, 7) is 4.43. The van der Waals surface area contributed by atoms with Crippen molar-refractivity contribution in [1.29, 1.82) is 0 Å². The standard InChI is InChI=1S/C26H38N2O8P2/c1-5-6-7-23-22-13-12-21(36-4)16-24(22)28(25(23)19-8-10-20(35-3)11-9-19)17-18(2)14-15-26(27,37(29,30)31)38(32,33)34/h8-13,16,18H,5-7,14-15,17,27H2,1-4H3,(H2,29,30,31)(H2,32,33,34). The maximum Gasteiger partial charge on any atom is 0.357 e. The Morgan fingerprint density at radius 1 is 0.974 bits per heavy atom. The first-order chi connectivity index (χ1) is 17.8. The minimum atomic E-state index is -5.29. The van der Waals surface area contributed by atoms with E-state index in [0.717, 1.165) is 47.2 Å². The van der Waals surface area contributed by atoms with E-state index in [-0.39, 0.29) is 12.3 Å². The van der Waals surface area contributed by atoms with Gasteiger partial charge in [-0.3, -0.25) is 9.13 Å². The quantitative estimate of drug-likeness (QED) is 0.177. The second kappa shape index (κ2) is 11.9. The van der Waals surface area contributed by atoms with Crippen molar-refractivity contribution in [3.05, 3.63) is 48.0 Å². The maximum atomic E-state index is 12.0. The molecule has 3 rings (SSSR count). The van der Waals surface area contributed by atoms with Crippen molar-refractivity contribution >= 4 is 26.1 Å². The molecule has 38 heavy (non-hydrogen) atoms. The van der Waals surface area contributed by atoms with E-state index in [1.165, 1.54) is 5.56 Å². The molecule has 0 fully saturated rings. The Hall–Kier alpha value is -2.16. The molecule has 0 saturated carbocycles. The number of nitrogens with two attached hydrogens (primary N) is 1. The largest absolute Gasteiger partial charge is 0.497 e. The van der Waals surface area contributed by atoms with Crippen LogP contribution in [0.25, 0.3) is 22.2 Å². The number of nitrogens with zero attached hydrogens (tertiary/aromatic N) is 1. The molecular formula is C26H38N2O8P2. The molecule has 3 aromatic rings. The zero-order chi connectivity index (χ0) is 28.3. The van der Waals surface area contributed by atoms with Crippen LogP contribution in [0.2, 0.25) is 0 Å². The maximum absolute atomic E-state index is 12.0. The number of unbranched alkanes of at least 4 members (excludes halogenated alkanes) is 1. The van der Waals surface area contributed by atoms with Crippen LogP contribution in [0.15, 0.2) is 42.5 Å². The van der Waals surface area contributed by atoms with Gasteiger partial charge in [0.1, 0.15) is 11.5 Å². The van der Waals surface area contributed by atoms with Crippen LogP contribution in [-0.4, -0.2) is 43.4 Å².